The first-order chi connectivity index (χ1) is 10.0. The fraction of sp³-hybridized carbons (Fsp3) is 0.750. The third-order valence-corrected chi connectivity index (χ3v) is 4.45. The summed E-state index contributed by atoms with van der Waals surface area (Å²) in [6, 6.07) is 2.02. The number of amides is 1. The average Bonchev–Trinajstić information content (AvgIpc) is 3.04. The molecule has 116 valence electrons. The van der Waals surface area contributed by atoms with Gasteiger partial charge in [0.25, 0.3) is 5.91 Å². The van der Waals surface area contributed by atoms with Crippen molar-refractivity contribution in [1.82, 2.24) is 15.4 Å². The lowest BCUT2D eigenvalue weighted by Gasteiger charge is -2.20. The first-order valence-corrected chi connectivity index (χ1v) is 7.99. The van der Waals surface area contributed by atoms with Crippen LogP contribution in [0.5, 0.6) is 0 Å². The number of rotatable bonds is 5. The molecule has 0 radical (unpaired) electrons. The van der Waals surface area contributed by atoms with Crippen molar-refractivity contribution in [3.8, 4) is 0 Å². The van der Waals surface area contributed by atoms with Gasteiger partial charge in [-0.2, -0.15) is 0 Å². The molecule has 0 bridgehead atoms. The number of hydrogen-bond donors (Lipinski definition) is 1. The Balaban J connectivity index is 1.61. The number of hydrogen-bond acceptors (Lipinski definition) is 4. The molecule has 1 aromatic heterocycles. The number of likely N-dealkylation sites (tertiary alicyclic amines) is 1. The van der Waals surface area contributed by atoms with Crippen molar-refractivity contribution in [2.45, 2.75) is 45.1 Å². The molecule has 0 aromatic carbocycles. The Morgan fingerprint density at radius 2 is 2.24 bits per heavy atom. The fourth-order valence-corrected chi connectivity index (χ4v) is 3.29. The quantitative estimate of drug-likeness (QED) is 0.904. The lowest BCUT2D eigenvalue weighted by molar-refractivity contribution is 0.0918. The fourth-order valence-electron chi connectivity index (χ4n) is 3.29. The molecule has 0 unspecified atom stereocenters. The van der Waals surface area contributed by atoms with Gasteiger partial charge in [-0.3, -0.25) is 4.79 Å². The van der Waals surface area contributed by atoms with E-state index in [0.29, 0.717) is 23.4 Å². The van der Waals surface area contributed by atoms with Crippen LogP contribution in [0.1, 0.15) is 55.3 Å². The van der Waals surface area contributed by atoms with Crippen LogP contribution in [0.25, 0.3) is 0 Å². The van der Waals surface area contributed by atoms with Crippen LogP contribution in [0.2, 0.25) is 0 Å². The van der Waals surface area contributed by atoms with Gasteiger partial charge in [-0.15, -0.1) is 0 Å². The lowest BCUT2D eigenvalue weighted by Crippen LogP contribution is -2.40. The van der Waals surface area contributed by atoms with Crippen molar-refractivity contribution in [3.05, 3.63) is 17.5 Å². The Kier molecular flexibility index (Phi) is 4.02. The summed E-state index contributed by atoms with van der Waals surface area (Å²) in [7, 11) is 2.11. The van der Waals surface area contributed by atoms with Crippen molar-refractivity contribution in [1.29, 1.82) is 0 Å². The van der Waals surface area contributed by atoms with Gasteiger partial charge in [-0.05, 0) is 38.1 Å². The van der Waals surface area contributed by atoms with Gasteiger partial charge in [-0.1, -0.05) is 19.0 Å². The number of nitrogens with one attached hydrogen (secondary N) is 1. The third-order valence-electron chi connectivity index (χ3n) is 4.45. The normalized spacial score (nSPS) is 26.5. The predicted molar refractivity (Wildman–Crippen MR) is 80.2 cm³/mol. The van der Waals surface area contributed by atoms with Crippen LogP contribution >= 0.6 is 0 Å². The van der Waals surface area contributed by atoms with Crippen LogP contribution in [-0.2, 0) is 0 Å². The maximum absolute atomic E-state index is 12.3. The molecule has 2 heterocycles. The molecule has 1 saturated carbocycles. The molecule has 3 rings (SSSR count). The zero-order valence-corrected chi connectivity index (χ0v) is 13.1. The Bertz CT molecular complexity index is 507. The first-order valence-electron chi connectivity index (χ1n) is 7.99. The Morgan fingerprint density at radius 1 is 1.48 bits per heavy atom. The maximum Gasteiger partial charge on any atom is 0.273 e. The highest BCUT2D eigenvalue weighted by Crippen LogP contribution is 2.40. The summed E-state index contributed by atoms with van der Waals surface area (Å²) < 4.78 is 5.27. The van der Waals surface area contributed by atoms with E-state index in [4.69, 9.17) is 4.52 Å². The molecule has 1 N–H and O–H groups in total. The van der Waals surface area contributed by atoms with Crippen molar-refractivity contribution >= 4 is 5.91 Å². The maximum atomic E-state index is 12.3. The molecule has 21 heavy (non-hydrogen) atoms. The van der Waals surface area contributed by atoms with Gasteiger partial charge in [0.1, 0.15) is 5.76 Å². The van der Waals surface area contributed by atoms with E-state index < -0.39 is 0 Å². The van der Waals surface area contributed by atoms with Gasteiger partial charge >= 0.3 is 0 Å². The Hall–Kier alpha value is -1.36. The molecule has 1 aliphatic carbocycles. The van der Waals surface area contributed by atoms with Gasteiger partial charge in [-0.25, -0.2) is 0 Å². The van der Waals surface area contributed by atoms with Gasteiger partial charge in [0.05, 0.1) is 0 Å². The van der Waals surface area contributed by atoms with Crippen LogP contribution in [0.15, 0.2) is 10.6 Å². The Labute approximate surface area is 126 Å². The van der Waals surface area contributed by atoms with Gasteiger partial charge in [0, 0.05) is 31.1 Å². The summed E-state index contributed by atoms with van der Waals surface area (Å²) in [6.45, 7) is 6.43. The summed E-state index contributed by atoms with van der Waals surface area (Å²) in [5.74, 6) is 2.43. The van der Waals surface area contributed by atoms with Crippen LogP contribution < -0.4 is 5.32 Å². The molecule has 1 saturated heterocycles. The van der Waals surface area contributed by atoms with Crippen LogP contribution in [-0.4, -0.2) is 42.1 Å². The number of likely N-dealkylation sites (N-methyl/N-ethyl adjacent to an activating group) is 1. The third kappa shape index (κ3) is 3.46. The summed E-state index contributed by atoms with van der Waals surface area (Å²) in [5, 5.41) is 7.07. The number of carbonyl (C=O) groups excluding carboxylic acids is 1. The van der Waals surface area contributed by atoms with E-state index >= 15 is 0 Å². The summed E-state index contributed by atoms with van der Waals surface area (Å²) in [5.41, 5.74) is 0.426. The highest BCUT2D eigenvalue weighted by Gasteiger charge is 2.34. The summed E-state index contributed by atoms with van der Waals surface area (Å²) in [6.07, 6.45) is 3.45. The standard InChI is InChI=1S/C16H25N3O2/c1-10(2)6-12-8-19(3)9-14(12)17-16(20)13-7-15(21-18-13)11-4-5-11/h7,10-12,14H,4-6,8-9H2,1-3H3,(H,17,20)/t12-,14-/m0/s1. The van der Waals surface area contributed by atoms with Gasteiger partial charge in [0.15, 0.2) is 5.69 Å². The van der Waals surface area contributed by atoms with Crippen LogP contribution in [0.3, 0.4) is 0 Å². The van der Waals surface area contributed by atoms with Crippen molar-refractivity contribution in [3.63, 3.8) is 0 Å². The molecule has 1 aromatic rings. The average molecular weight is 291 g/mol. The second kappa shape index (κ2) is 5.79. The molecule has 1 amide bonds. The van der Waals surface area contributed by atoms with E-state index in [2.05, 4.69) is 36.3 Å². The smallest absolute Gasteiger partial charge is 0.273 e. The van der Waals surface area contributed by atoms with E-state index in [1.807, 2.05) is 6.07 Å². The van der Waals surface area contributed by atoms with E-state index in [9.17, 15) is 4.79 Å². The summed E-state index contributed by atoms with van der Waals surface area (Å²) in [4.78, 5) is 14.6. The molecular weight excluding hydrogens is 266 g/mol. The first kappa shape index (κ1) is 14.6. The van der Waals surface area contributed by atoms with Crippen molar-refractivity contribution < 1.29 is 9.32 Å². The molecule has 5 nitrogen and oxygen atoms in total. The minimum atomic E-state index is -0.0975. The second-order valence-electron chi connectivity index (χ2n) is 7.08. The van der Waals surface area contributed by atoms with E-state index in [1.165, 1.54) is 0 Å². The number of carbonyl (C=O) groups is 1. The topological polar surface area (TPSA) is 58.4 Å². The predicted octanol–water partition coefficient (Wildman–Crippen LogP) is 2.26. The zero-order valence-electron chi connectivity index (χ0n) is 13.1. The van der Waals surface area contributed by atoms with Crippen LogP contribution in [0, 0.1) is 11.8 Å². The highest BCUT2D eigenvalue weighted by atomic mass is 16.5. The van der Waals surface area contributed by atoms with E-state index in [-0.39, 0.29) is 11.9 Å². The molecule has 5 heteroatoms. The van der Waals surface area contributed by atoms with Crippen molar-refractivity contribution in [2.75, 3.05) is 20.1 Å². The highest BCUT2D eigenvalue weighted by molar-refractivity contribution is 5.92. The largest absolute Gasteiger partial charge is 0.360 e. The molecule has 2 aliphatic rings. The number of nitrogens with zero attached hydrogens (tertiary/aromatic N) is 2. The van der Waals surface area contributed by atoms with E-state index in [1.54, 1.807) is 0 Å². The lowest BCUT2D eigenvalue weighted by atomic mass is 9.93. The molecule has 2 fully saturated rings. The number of aromatic nitrogens is 1. The SMILES string of the molecule is CC(C)C[C@H]1CN(C)C[C@@H]1NC(=O)c1cc(C2CC2)on1. The minimum absolute atomic E-state index is 0.0975. The molecular formula is C16H25N3O2. The van der Waals surface area contributed by atoms with Gasteiger partial charge < -0.3 is 14.7 Å². The molecule has 0 spiro atoms. The van der Waals surface area contributed by atoms with Crippen molar-refractivity contribution in [2.24, 2.45) is 11.8 Å². The Morgan fingerprint density at radius 3 is 2.90 bits per heavy atom. The summed E-state index contributed by atoms with van der Waals surface area (Å²) >= 11 is 0. The monoisotopic (exact) mass is 291 g/mol. The molecule has 2 atom stereocenters. The molecule has 1 aliphatic heterocycles. The van der Waals surface area contributed by atoms with E-state index in [0.717, 1.165) is 38.1 Å². The zero-order chi connectivity index (χ0) is 15.0. The minimum Gasteiger partial charge on any atom is -0.360 e. The van der Waals surface area contributed by atoms with Gasteiger partial charge in [0.2, 0.25) is 0 Å². The van der Waals surface area contributed by atoms with Crippen LogP contribution in [0.4, 0.5) is 0 Å². The second-order valence-corrected chi connectivity index (χ2v) is 7.08.